The monoisotopic (exact) mass is 309 g/mol. The van der Waals surface area contributed by atoms with Crippen LogP contribution < -0.4 is 19.5 Å². The number of carbonyl (C=O) groups is 1. The minimum absolute atomic E-state index is 0.169. The van der Waals surface area contributed by atoms with Gasteiger partial charge in [0.05, 0.1) is 19.8 Å². The van der Waals surface area contributed by atoms with Crippen molar-refractivity contribution in [3.05, 3.63) is 17.7 Å². The van der Waals surface area contributed by atoms with E-state index in [1.807, 2.05) is 41.5 Å². The fourth-order valence-electron chi connectivity index (χ4n) is 1.93. The molecule has 0 aliphatic carbocycles. The van der Waals surface area contributed by atoms with Gasteiger partial charge < -0.3 is 19.5 Å². The summed E-state index contributed by atoms with van der Waals surface area (Å²) in [6.45, 7) is 12.9. The van der Waals surface area contributed by atoms with Crippen molar-refractivity contribution in [1.29, 1.82) is 0 Å². The van der Waals surface area contributed by atoms with Gasteiger partial charge in [-0.15, -0.1) is 0 Å². The SMILES string of the molecule is CCOc1cc(C(=O)NC(C)(C)C)cc(OCC)c1OCC. The molecule has 124 valence electrons. The van der Waals surface area contributed by atoms with Crippen molar-refractivity contribution < 1.29 is 19.0 Å². The van der Waals surface area contributed by atoms with Gasteiger partial charge >= 0.3 is 0 Å². The molecule has 1 N–H and O–H groups in total. The number of nitrogens with one attached hydrogen (secondary N) is 1. The molecule has 1 amide bonds. The molecule has 5 nitrogen and oxygen atoms in total. The third-order valence-electron chi connectivity index (χ3n) is 2.66. The molecule has 0 aromatic heterocycles. The first-order valence-corrected chi connectivity index (χ1v) is 7.71. The number of hydrogen-bond acceptors (Lipinski definition) is 4. The molecule has 0 unspecified atom stereocenters. The van der Waals surface area contributed by atoms with E-state index in [1.54, 1.807) is 12.1 Å². The van der Waals surface area contributed by atoms with Crippen molar-refractivity contribution in [1.82, 2.24) is 5.32 Å². The molecule has 0 heterocycles. The maximum Gasteiger partial charge on any atom is 0.251 e. The third kappa shape index (κ3) is 5.13. The van der Waals surface area contributed by atoms with E-state index in [9.17, 15) is 4.79 Å². The molecule has 0 fully saturated rings. The maximum atomic E-state index is 12.4. The van der Waals surface area contributed by atoms with E-state index in [-0.39, 0.29) is 11.4 Å². The normalized spacial score (nSPS) is 11.0. The largest absolute Gasteiger partial charge is 0.490 e. The molecule has 0 saturated heterocycles. The highest BCUT2D eigenvalue weighted by Crippen LogP contribution is 2.39. The first-order chi connectivity index (χ1) is 10.3. The molecule has 22 heavy (non-hydrogen) atoms. The van der Waals surface area contributed by atoms with Crippen molar-refractivity contribution in [3.8, 4) is 17.2 Å². The number of amides is 1. The Labute approximate surface area is 132 Å². The first-order valence-electron chi connectivity index (χ1n) is 7.71. The molecule has 1 aromatic carbocycles. The summed E-state index contributed by atoms with van der Waals surface area (Å²) >= 11 is 0. The van der Waals surface area contributed by atoms with Crippen molar-refractivity contribution >= 4 is 5.91 Å². The fraction of sp³-hybridized carbons (Fsp3) is 0.588. The van der Waals surface area contributed by atoms with Gasteiger partial charge in [-0.1, -0.05) is 0 Å². The van der Waals surface area contributed by atoms with Crippen molar-refractivity contribution in [2.45, 2.75) is 47.1 Å². The Morgan fingerprint density at radius 2 is 1.41 bits per heavy atom. The molecule has 1 rings (SSSR count). The van der Waals surface area contributed by atoms with Crippen LogP contribution in [0.15, 0.2) is 12.1 Å². The summed E-state index contributed by atoms with van der Waals surface area (Å²) in [7, 11) is 0. The zero-order valence-electron chi connectivity index (χ0n) is 14.4. The molecule has 0 radical (unpaired) electrons. The van der Waals surface area contributed by atoms with Crippen molar-refractivity contribution in [2.24, 2.45) is 0 Å². The zero-order valence-corrected chi connectivity index (χ0v) is 14.4. The van der Waals surface area contributed by atoms with Gasteiger partial charge in [-0.3, -0.25) is 4.79 Å². The van der Waals surface area contributed by atoms with Crippen molar-refractivity contribution in [2.75, 3.05) is 19.8 Å². The number of rotatable bonds is 7. The number of hydrogen-bond donors (Lipinski definition) is 1. The van der Waals surface area contributed by atoms with Gasteiger partial charge in [0.15, 0.2) is 11.5 Å². The van der Waals surface area contributed by atoms with Gasteiger partial charge in [-0.25, -0.2) is 0 Å². The molecule has 0 saturated carbocycles. The lowest BCUT2D eigenvalue weighted by molar-refractivity contribution is 0.0918. The highest BCUT2D eigenvalue weighted by molar-refractivity contribution is 5.96. The maximum absolute atomic E-state index is 12.4. The highest BCUT2D eigenvalue weighted by Gasteiger charge is 2.21. The van der Waals surface area contributed by atoms with Gasteiger partial charge in [0, 0.05) is 11.1 Å². The Kier molecular flexibility index (Phi) is 6.53. The summed E-state index contributed by atoms with van der Waals surface area (Å²) in [5, 5.41) is 2.93. The molecule has 0 aliphatic heterocycles. The van der Waals surface area contributed by atoms with E-state index < -0.39 is 0 Å². The number of benzene rings is 1. The lowest BCUT2D eigenvalue weighted by Crippen LogP contribution is -2.40. The first kappa shape index (κ1) is 18.1. The van der Waals surface area contributed by atoms with Gasteiger partial charge in [0.1, 0.15) is 0 Å². The Bertz CT molecular complexity index is 479. The second-order valence-electron chi connectivity index (χ2n) is 5.80. The molecule has 0 atom stereocenters. The van der Waals surface area contributed by atoms with E-state index in [0.717, 1.165) is 0 Å². The molecular formula is C17H27NO4. The van der Waals surface area contributed by atoms with E-state index in [4.69, 9.17) is 14.2 Å². The summed E-state index contributed by atoms with van der Waals surface area (Å²) in [5.41, 5.74) is 0.179. The van der Waals surface area contributed by atoms with Crippen LogP contribution in [-0.4, -0.2) is 31.3 Å². The minimum Gasteiger partial charge on any atom is -0.490 e. The second kappa shape index (κ2) is 7.92. The summed E-state index contributed by atoms with van der Waals surface area (Å²) in [6.07, 6.45) is 0. The molecule has 0 spiro atoms. The Morgan fingerprint density at radius 3 is 1.77 bits per heavy atom. The topological polar surface area (TPSA) is 56.8 Å². The van der Waals surface area contributed by atoms with E-state index >= 15 is 0 Å². The van der Waals surface area contributed by atoms with Crippen LogP contribution >= 0.6 is 0 Å². The predicted molar refractivity (Wildman–Crippen MR) is 87.2 cm³/mol. The Hall–Kier alpha value is -1.91. The quantitative estimate of drug-likeness (QED) is 0.838. The summed E-state index contributed by atoms with van der Waals surface area (Å²) in [6, 6.07) is 3.39. The Balaban J connectivity index is 3.26. The van der Waals surface area contributed by atoms with Gasteiger partial charge in [0.2, 0.25) is 5.75 Å². The summed E-state index contributed by atoms with van der Waals surface area (Å²) in [5.74, 6) is 1.42. The zero-order chi connectivity index (χ0) is 16.8. The van der Waals surface area contributed by atoms with Gasteiger partial charge in [0.25, 0.3) is 5.91 Å². The summed E-state index contributed by atoms with van der Waals surface area (Å²) < 4.78 is 16.9. The Morgan fingerprint density at radius 1 is 0.955 bits per heavy atom. The molecule has 5 heteroatoms. The number of carbonyl (C=O) groups excluding carboxylic acids is 1. The van der Waals surface area contributed by atoms with E-state index in [1.165, 1.54) is 0 Å². The van der Waals surface area contributed by atoms with Crippen LogP contribution in [-0.2, 0) is 0 Å². The molecule has 0 aliphatic rings. The smallest absolute Gasteiger partial charge is 0.251 e. The standard InChI is InChI=1S/C17H27NO4/c1-7-20-13-10-12(16(19)18-17(4,5)6)11-14(21-8-2)15(13)22-9-3/h10-11H,7-9H2,1-6H3,(H,18,19). The van der Waals surface area contributed by atoms with E-state index in [2.05, 4.69) is 5.32 Å². The summed E-state index contributed by atoms with van der Waals surface area (Å²) in [4.78, 5) is 12.4. The van der Waals surface area contributed by atoms with Crippen LogP contribution in [0.2, 0.25) is 0 Å². The lowest BCUT2D eigenvalue weighted by atomic mass is 10.1. The third-order valence-corrected chi connectivity index (χ3v) is 2.66. The second-order valence-corrected chi connectivity index (χ2v) is 5.80. The van der Waals surface area contributed by atoms with Gasteiger partial charge in [-0.05, 0) is 53.7 Å². The molecular weight excluding hydrogens is 282 g/mol. The van der Waals surface area contributed by atoms with E-state index in [0.29, 0.717) is 42.6 Å². The fourth-order valence-corrected chi connectivity index (χ4v) is 1.93. The predicted octanol–water partition coefficient (Wildman–Crippen LogP) is 3.41. The van der Waals surface area contributed by atoms with Gasteiger partial charge in [-0.2, -0.15) is 0 Å². The molecule has 0 bridgehead atoms. The van der Waals surface area contributed by atoms with Crippen LogP contribution in [0.4, 0.5) is 0 Å². The van der Waals surface area contributed by atoms with Crippen LogP contribution in [0.25, 0.3) is 0 Å². The number of ether oxygens (including phenoxy) is 3. The average molecular weight is 309 g/mol. The molecule has 1 aromatic rings. The van der Waals surface area contributed by atoms with Crippen molar-refractivity contribution in [3.63, 3.8) is 0 Å². The van der Waals surface area contributed by atoms with Crippen LogP contribution in [0.3, 0.4) is 0 Å². The minimum atomic E-state index is -0.312. The van der Waals surface area contributed by atoms with Crippen LogP contribution in [0, 0.1) is 0 Å². The van der Waals surface area contributed by atoms with Crippen LogP contribution in [0.5, 0.6) is 17.2 Å². The average Bonchev–Trinajstić information content (AvgIpc) is 2.40. The highest BCUT2D eigenvalue weighted by atomic mass is 16.5. The lowest BCUT2D eigenvalue weighted by Gasteiger charge is -2.22. The van der Waals surface area contributed by atoms with Crippen LogP contribution in [0.1, 0.15) is 51.9 Å².